The number of anilines is 1. The van der Waals surface area contributed by atoms with Gasteiger partial charge in [-0.3, -0.25) is 14.9 Å². The van der Waals surface area contributed by atoms with E-state index in [1.54, 1.807) is 36.4 Å². The number of nitrogens with one attached hydrogen (secondary N) is 2. The second-order valence-electron chi connectivity index (χ2n) is 6.72. The van der Waals surface area contributed by atoms with Crippen LogP contribution in [-0.4, -0.2) is 16.8 Å². The van der Waals surface area contributed by atoms with Gasteiger partial charge in [0.1, 0.15) is 0 Å². The summed E-state index contributed by atoms with van der Waals surface area (Å²) in [5.41, 5.74) is 2.24. The molecule has 1 unspecified atom stereocenters. The number of benzene rings is 2. The van der Waals surface area contributed by atoms with E-state index in [0.717, 1.165) is 29.0 Å². The van der Waals surface area contributed by atoms with Gasteiger partial charge in [-0.1, -0.05) is 35.3 Å². The molecule has 2 amide bonds. The first-order valence-electron chi connectivity index (χ1n) is 9.08. The SMILES string of the molecule is O=C(Nc1nc2c(s1)CCC2C(=O)NCc1ccc(Cl)cc1)c1ccc(Cl)cc1. The van der Waals surface area contributed by atoms with Crippen molar-refractivity contribution in [2.75, 3.05) is 5.32 Å². The second-order valence-corrected chi connectivity index (χ2v) is 8.68. The minimum Gasteiger partial charge on any atom is -0.351 e. The van der Waals surface area contributed by atoms with Gasteiger partial charge in [-0.25, -0.2) is 4.98 Å². The first-order chi connectivity index (χ1) is 14.0. The first kappa shape index (κ1) is 19.9. The Labute approximate surface area is 182 Å². The van der Waals surface area contributed by atoms with E-state index in [-0.39, 0.29) is 17.7 Å². The molecular weight excluding hydrogens is 429 g/mol. The Morgan fingerprint density at radius 3 is 2.38 bits per heavy atom. The molecule has 2 aromatic carbocycles. The first-order valence-corrected chi connectivity index (χ1v) is 10.7. The van der Waals surface area contributed by atoms with Gasteiger partial charge in [-0.2, -0.15) is 0 Å². The van der Waals surface area contributed by atoms with Crippen molar-refractivity contribution in [3.05, 3.63) is 80.3 Å². The molecule has 0 radical (unpaired) electrons. The van der Waals surface area contributed by atoms with Crippen molar-refractivity contribution in [3.8, 4) is 0 Å². The quantitative estimate of drug-likeness (QED) is 0.576. The fourth-order valence-electron chi connectivity index (χ4n) is 3.22. The number of hydrogen-bond donors (Lipinski definition) is 2. The van der Waals surface area contributed by atoms with Crippen molar-refractivity contribution in [2.24, 2.45) is 0 Å². The lowest BCUT2D eigenvalue weighted by atomic mass is 10.1. The predicted molar refractivity (Wildman–Crippen MR) is 116 cm³/mol. The van der Waals surface area contributed by atoms with Gasteiger partial charge >= 0.3 is 0 Å². The number of halogens is 2. The highest BCUT2D eigenvalue weighted by atomic mass is 35.5. The summed E-state index contributed by atoms with van der Waals surface area (Å²) >= 11 is 13.2. The molecule has 0 saturated carbocycles. The molecular formula is C21H17Cl2N3O2S. The van der Waals surface area contributed by atoms with Gasteiger partial charge < -0.3 is 5.32 Å². The van der Waals surface area contributed by atoms with Crippen molar-refractivity contribution >= 4 is 51.5 Å². The summed E-state index contributed by atoms with van der Waals surface area (Å²) in [4.78, 5) is 30.6. The Hall–Kier alpha value is -2.41. The topological polar surface area (TPSA) is 71.1 Å². The fourth-order valence-corrected chi connectivity index (χ4v) is 4.51. The van der Waals surface area contributed by atoms with E-state index in [0.29, 0.717) is 27.3 Å². The summed E-state index contributed by atoms with van der Waals surface area (Å²) in [7, 11) is 0. The van der Waals surface area contributed by atoms with Crippen LogP contribution in [0.15, 0.2) is 48.5 Å². The van der Waals surface area contributed by atoms with Gasteiger partial charge in [0, 0.05) is 27.0 Å². The van der Waals surface area contributed by atoms with E-state index in [2.05, 4.69) is 15.6 Å². The fraction of sp³-hybridized carbons (Fsp3) is 0.190. The van der Waals surface area contributed by atoms with E-state index >= 15 is 0 Å². The minimum absolute atomic E-state index is 0.0559. The zero-order valence-corrected chi connectivity index (χ0v) is 17.6. The van der Waals surface area contributed by atoms with E-state index in [9.17, 15) is 9.59 Å². The number of nitrogens with zero attached hydrogens (tertiary/aromatic N) is 1. The van der Waals surface area contributed by atoms with Crippen molar-refractivity contribution in [1.29, 1.82) is 0 Å². The normalized spacial score (nSPS) is 15.0. The van der Waals surface area contributed by atoms with E-state index in [1.807, 2.05) is 12.1 Å². The van der Waals surface area contributed by atoms with Crippen molar-refractivity contribution in [1.82, 2.24) is 10.3 Å². The molecule has 2 N–H and O–H groups in total. The molecule has 1 aromatic heterocycles. The minimum atomic E-state index is -0.297. The average molecular weight is 446 g/mol. The second kappa shape index (κ2) is 8.53. The highest BCUT2D eigenvalue weighted by molar-refractivity contribution is 7.16. The van der Waals surface area contributed by atoms with Crippen LogP contribution < -0.4 is 10.6 Å². The number of aromatic nitrogens is 1. The molecule has 148 valence electrons. The van der Waals surface area contributed by atoms with Gasteiger partial charge in [-0.05, 0) is 54.8 Å². The maximum absolute atomic E-state index is 12.7. The lowest BCUT2D eigenvalue weighted by Crippen LogP contribution is -2.28. The number of thiazole rings is 1. The largest absolute Gasteiger partial charge is 0.351 e. The third-order valence-corrected chi connectivity index (χ3v) is 6.29. The molecule has 1 heterocycles. The van der Waals surface area contributed by atoms with Crippen molar-refractivity contribution in [2.45, 2.75) is 25.3 Å². The Balaban J connectivity index is 1.40. The molecule has 0 fully saturated rings. The Kier molecular flexibility index (Phi) is 5.85. The van der Waals surface area contributed by atoms with E-state index in [1.165, 1.54) is 11.3 Å². The smallest absolute Gasteiger partial charge is 0.257 e. The lowest BCUT2D eigenvalue weighted by molar-refractivity contribution is -0.122. The zero-order chi connectivity index (χ0) is 20.4. The number of rotatable bonds is 5. The molecule has 5 nitrogen and oxygen atoms in total. The molecule has 0 aliphatic heterocycles. The number of carbonyl (C=O) groups is 2. The summed E-state index contributed by atoms with van der Waals surface area (Å²) < 4.78 is 0. The van der Waals surface area contributed by atoms with Gasteiger partial charge in [0.05, 0.1) is 11.6 Å². The van der Waals surface area contributed by atoms with E-state index in [4.69, 9.17) is 23.2 Å². The number of aryl methyl sites for hydroxylation is 1. The Morgan fingerprint density at radius 2 is 1.69 bits per heavy atom. The van der Waals surface area contributed by atoms with Crippen molar-refractivity contribution < 1.29 is 9.59 Å². The van der Waals surface area contributed by atoms with Crippen LogP contribution in [0, 0.1) is 0 Å². The van der Waals surface area contributed by atoms with Crippen LogP contribution in [0.5, 0.6) is 0 Å². The highest BCUT2D eigenvalue weighted by Crippen LogP contribution is 2.38. The third-order valence-electron chi connectivity index (χ3n) is 4.74. The predicted octanol–water partition coefficient (Wildman–Crippen LogP) is 5.05. The number of fused-ring (bicyclic) bond motifs is 1. The van der Waals surface area contributed by atoms with Crippen LogP contribution in [0.4, 0.5) is 5.13 Å². The van der Waals surface area contributed by atoms with Gasteiger partial charge in [0.15, 0.2) is 5.13 Å². The average Bonchev–Trinajstić information content (AvgIpc) is 3.28. The maximum atomic E-state index is 12.7. The Morgan fingerprint density at radius 1 is 1.03 bits per heavy atom. The highest BCUT2D eigenvalue weighted by Gasteiger charge is 2.32. The molecule has 1 atom stereocenters. The zero-order valence-electron chi connectivity index (χ0n) is 15.2. The van der Waals surface area contributed by atoms with Crippen LogP contribution >= 0.6 is 34.5 Å². The van der Waals surface area contributed by atoms with Crippen LogP contribution in [0.2, 0.25) is 10.0 Å². The van der Waals surface area contributed by atoms with Gasteiger partial charge in [-0.15, -0.1) is 11.3 Å². The molecule has 0 saturated heterocycles. The van der Waals surface area contributed by atoms with Crippen LogP contribution in [0.25, 0.3) is 0 Å². The Bertz CT molecular complexity index is 1050. The number of carbonyl (C=O) groups excluding carboxylic acids is 2. The maximum Gasteiger partial charge on any atom is 0.257 e. The molecule has 3 aromatic rings. The molecule has 8 heteroatoms. The number of amides is 2. The molecule has 4 rings (SSSR count). The van der Waals surface area contributed by atoms with E-state index < -0.39 is 0 Å². The molecule has 0 bridgehead atoms. The van der Waals surface area contributed by atoms with Gasteiger partial charge in [0.25, 0.3) is 5.91 Å². The summed E-state index contributed by atoms with van der Waals surface area (Å²) in [6.07, 6.45) is 1.51. The standard InChI is InChI=1S/C21H17Cl2N3O2S/c22-14-5-1-12(2-6-14)11-24-20(28)16-9-10-17-18(16)25-21(29-17)26-19(27)13-3-7-15(23)8-4-13/h1-8,16H,9-11H2,(H,24,28)(H,25,26,27). The summed E-state index contributed by atoms with van der Waals surface area (Å²) in [5, 5.41) is 7.52. The molecule has 29 heavy (non-hydrogen) atoms. The summed E-state index contributed by atoms with van der Waals surface area (Å²) in [5.74, 6) is -0.604. The van der Waals surface area contributed by atoms with Crippen LogP contribution in [0.3, 0.4) is 0 Å². The number of hydrogen-bond acceptors (Lipinski definition) is 4. The van der Waals surface area contributed by atoms with Crippen molar-refractivity contribution in [3.63, 3.8) is 0 Å². The van der Waals surface area contributed by atoms with Crippen LogP contribution in [0.1, 0.15) is 38.8 Å². The van der Waals surface area contributed by atoms with Crippen LogP contribution in [-0.2, 0) is 17.8 Å². The summed E-state index contributed by atoms with van der Waals surface area (Å²) in [6.45, 7) is 0.437. The monoisotopic (exact) mass is 445 g/mol. The molecule has 1 aliphatic rings. The molecule has 1 aliphatic carbocycles. The summed E-state index contributed by atoms with van der Waals surface area (Å²) in [6, 6.07) is 14.0. The third kappa shape index (κ3) is 4.61. The lowest BCUT2D eigenvalue weighted by Gasteiger charge is -2.11. The van der Waals surface area contributed by atoms with Gasteiger partial charge in [0.2, 0.25) is 5.91 Å². The molecule has 0 spiro atoms.